The average molecular weight is 448 g/mol. The molecular weight excluding hydrogens is 426 g/mol. The van der Waals surface area contributed by atoms with Gasteiger partial charge in [0.05, 0.1) is 35.6 Å². The van der Waals surface area contributed by atoms with Gasteiger partial charge in [0, 0.05) is 0 Å². The van der Waals surface area contributed by atoms with E-state index in [2.05, 4.69) is 15.3 Å². The highest BCUT2D eigenvalue weighted by atomic mass is 32.2. The van der Waals surface area contributed by atoms with Crippen LogP contribution in [0, 0.1) is 6.92 Å². The Morgan fingerprint density at radius 2 is 1.83 bits per heavy atom. The summed E-state index contributed by atoms with van der Waals surface area (Å²) >= 11 is 2.24. The van der Waals surface area contributed by atoms with Crippen molar-refractivity contribution in [3.05, 3.63) is 40.3 Å². The van der Waals surface area contributed by atoms with Gasteiger partial charge in [-0.25, -0.2) is 14.6 Å². The first kappa shape index (κ1) is 21.8. The fourth-order valence-corrected chi connectivity index (χ4v) is 4.53. The second-order valence-electron chi connectivity index (χ2n) is 6.10. The van der Waals surface area contributed by atoms with Gasteiger partial charge in [0.1, 0.15) is 9.88 Å². The number of amides is 1. The monoisotopic (exact) mass is 447 g/mol. The van der Waals surface area contributed by atoms with Crippen molar-refractivity contribution in [3.63, 3.8) is 0 Å². The van der Waals surface area contributed by atoms with Gasteiger partial charge in [-0.2, -0.15) is 0 Å². The number of fused-ring (bicyclic) bond motifs is 1. The highest BCUT2D eigenvalue weighted by Gasteiger charge is 2.27. The van der Waals surface area contributed by atoms with Crippen LogP contribution in [0.15, 0.2) is 29.4 Å². The van der Waals surface area contributed by atoms with Crippen molar-refractivity contribution in [2.24, 2.45) is 0 Å². The summed E-state index contributed by atoms with van der Waals surface area (Å²) in [5.41, 5.74) is 2.31. The molecular formula is C20H21N3O5S2. The molecule has 3 rings (SSSR count). The van der Waals surface area contributed by atoms with E-state index in [0.29, 0.717) is 10.7 Å². The predicted octanol–water partition coefficient (Wildman–Crippen LogP) is 4.02. The first-order chi connectivity index (χ1) is 14.4. The molecule has 2 heterocycles. The van der Waals surface area contributed by atoms with E-state index in [4.69, 9.17) is 9.47 Å². The molecule has 1 aromatic carbocycles. The maximum absolute atomic E-state index is 12.5. The van der Waals surface area contributed by atoms with Crippen LogP contribution in [-0.2, 0) is 14.3 Å². The van der Waals surface area contributed by atoms with Crippen LogP contribution in [0.4, 0.5) is 5.00 Å². The number of carbonyl (C=O) groups excluding carboxylic acids is 3. The molecule has 0 saturated carbocycles. The summed E-state index contributed by atoms with van der Waals surface area (Å²) in [5, 5.41) is 3.61. The van der Waals surface area contributed by atoms with E-state index < -0.39 is 11.9 Å². The van der Waals surface area contributed by atoms with Crippen LogP contribution in [0.2, 0.25) is 0 Å². The number of imidazole rings is 1. The fraction of sp³-hybridized carbons (Fsp3) is 0.300. The molecule has 0 saturated heterocycles. The number of benzene rings is 1. The number of nitrogens with one attached hydrogen (secondary N) is 2. The number of aromatic nitrogens is 2. The van der Waals surface area contributed by atoms with Crippen molar-refractivity contribution in [2.45, 2.75) is 25.9 Å². The molecule has 0 aliphatic rings. The maximum atomic E-state index is 12.5. The van der Waals surface area contributed by atoms with Crippen molar-refractivity contribution in [1.29, 1.82) is 0 Å². The number of hydrogen-bond donors (Lipinski definition) is 2. The van der Waals surface area contributed by atoms with Gasteiger partial charge in [-0.1, -0.05) is 23.9 Å². The van der Waals surface area contributed by atoms with Crippen LogP contribution >= 0.6 is 23.1 Å². The molecule has 0 radical (unpaired) electrons. The molecule has 0 bridgehead atoms. The number of rotatable bonds is 8. The first-order valence-corrected chi connectivity index (χ1v) is 11.1. The summed E-state index contributed by atoms with van der Waals surface area (Å²) in [6.07, 6.45) is 0. The Kier molecular flexibility index (Phi) is 7.11. The Bertz CT molecular complexity index is 1060. The van der Waals surface area contributed by atoms with Crippen molar-refractivity contribution < 1.29 is 23.9 Å². The van der Waals surface area contributed by atoms with Crippen LogP contribution in [0.1, 0.15) is 39.4 Å². The van der Waals surface area contributed by atoms with Gasteiger partial charge in [-0.05, 0) is 38.5 Å². The molecule has 158 valence electrons. The molecule has 0 atom stereocenters. The number of carbonyl (C=O) groups is 3. The van der Waals surface area contributed by atoms with Crippen molar-refractivity contribution in [3.8, 4) is 0 Å². The summed E-state index contributed by atoms with van der Waals surface area (Å²) in [5.74, 6) is -1.39. The summed E-state index contributed by atoms with van der Waals surface area (Å²) in [4.78, 5) is 44.9. The third kappa shape index (κ3) is 4.82. The van der Waals surface area contributed by atoms with Gasteiger partial charge >= 0.3 is 11.9 Å². The van der Waals surface area contributed by atoms with Crippen molar-refractivity contribution >= 4 is 57.0 Å². The number of nitrogens with zero attached hydrogens (tertiary/aromatic N) is 1. The van der Waals surface area contributed by atoms with Gasteiger partial charge < -0.3 is 19.8 Å². The third-order valence-corrected chi connectivity index (χ3v) is 6.11. The number of anilines is 1. The zero-order valence-electron chi connectivity index (χ0n) is 16.7. The van der Waals surface area contributed by atoms with Crippen LogP contribution in [-0.4, -0.2) is 46.8 Å². The predicted molar refractivity (Wildman–Crippen MR) is 116 cm³/mol. The lowest BCUT2D eigenvalue weighted by atomic mass is 10.1. The maximum Gasteiger partial charge on any atom is 0.348 e. The topological polar surface area (TPSA) is 110 Å². The van der Waals surface area contributed by atoms with Gasteiger partial charge in [0.25, 0.3) is 0 Å². The highest BCUT2D eigenvalue weighted by molar-refractivity contribution is 7.99. The molecule has 3 aromatic rings. The van der Waals surface area contributed by atoms with E-state index >= 15 is 0 Å². The average Bonchev–Trinajstić information content (AvgIpc) is 3.27. The summed E-state index contributed by atoms with van der Waals surface area (Å²) in [6, 6.07) is 7.58. The molecule has 8 nitrogen and oxygen atoms in total. The van der Waals surface area contributed by atoms with Crippen molar-refractivity contribution in [2.75, 3.05) is 24.3 Å². The molecule has 30 heavy (non-hydrogen) atoms. The largest absolute Gasteiger partial charge is 0.462 e. The third-order valence-electron chi connectivity index (χ3n) is 4.05. The molecule has 1 amide bonds. The minimum absolute atomic E-state index is 0.0772. The number of ether oxygens (including phenoxy) is 2. The summed E-state index contributed by atoms with van der Waals surface area (Å²) in [6.45, 7) is 5.41. The lowest BCUT2D eigenvalue weighted by Crippen LogP contribution is -2.16. The Balaban J connectivity index is 1.76. The van der Waals surface area contributed by atoms with Crippen LogP contribution < -0.4 is 5.32 Å². The Morgan fingerprint density at radius 1 is 1.13 bits per heavy atom. The molecule has 0 fully saturated rings. The van der Waals surface area contributed by atoms with E-state index in [1.807, 2.05) is 24.3 Å². The van der Waals surface area contributed by atoms with Crippen LogP contribution in [0.3, 0.4) is 0 Å². The molecule has 0 unspecified atom stereocenters. The number of para-hydroxylation sites is 2. The quantitative estimate of drug-likeness (QED) is 0.396. The number of H-pyrrole nitrogens is 1. The normalized spacial score (nSPS) is 10.8. The summed E-state index contributed by atoms with van der Waals surface area (Å²) in [7, 11) is 0. The van der Waals surface area contributed by atoms with Gasteiger partial charge in [0.15, 0.2) is 5.16 Å². The number of thiophene rings is 1. The Hall–Kier alpha value is -2.85. The summed E-state index contributed by atoms with van der Waals surface area (Å²) < 4.78 is 10.1. The zero-order valence-corrected chi connectivity index (χ0v) is 18.4. The molecule has 10 heteroatoms. The van der Waals surface area contributed by atoms with E-state index in [-0.39, 0.29) is 40.3 Å². The second-order valence-corrected chi connectivity index (χ2v) is 8.08. The molecule has 0 aliphatic carbocycles. The van der Waals surface area contributed by atoms with E-state index in [1.54, 1.807) is 20.8 Å². The number of esters is 2. The molecule has 0 spiro atoms. The minimum atomic E-state index is -0.595. The number of aromatic amines is 1. The lowest BCUT2D eigenvalue weighted by molar-refractivity contribution is -0.113. The highest BCUT2D eigenvalue weighted by Crippen LogP contribution is 2.34. The fourth-order valence-electron chi connectivity index (χ4n) is 2.74. The zero-order chi connectivity index (χ0) is 21.7. The minimum Gasteiger partial charge on any atom is -0.462 e. The standard InChI is InChI=1S/C20H21N3O5S2/c1-4-27-18(25)15-11(3)16(19(26)28-5-2)30-17(15)23-14(24)10-29-20-21-12-8-6-7-9-13(12)22-20/h6-9H,4-5,10H2,1-3H3,(H,21,22)(H,23,24). The van der Waals surface area contributed by atoms with Crippen LogP contribution in [0.5, 0.6) is 0 Å². The van der Waals surface area contributed by atoms with E-state index in [9.17, 15) is 14.4 Å². The molecule has 2 N–H and O–H groups in total. The lowest BCUT2D eigenvalue weighted by Gasteiger charge is -2.06. The van der Waals surface area contributed by atoms with Crippen molar-refractivity contribution in [1.82, 2.24) is 9.97 Å². The van der Waals surface area contributed by atoms with Gasteiger partial charge in [0.2, 0.25) is 5.91 Å². The van der Waals surface area contributed by atoms with Gasteiger partial charge in [-0.3, -0.25) is 4.79 Å². The van der Waals surface area contributed by atoms with Crippen LogP contribution in [0.25, 0.3) is 11.0 Å². The van der Waals surface area contributed by atoms with E-state index in [0.717, 1.165) is 22.4 Å². The number of hydrogen-bond acceptors (Lipinski definition) is 8. The smallest absolute Gasteiger partial charge is 0.348 e. The SMILES string of the molecule is CCOC(=O)c1sc(NC(=O)CSc2nc3ccccc3[nH]2)c(C(=O)OCC)c1C. The first-order valence-electron chi connectivity index (χ1n) is 9.29. The Morgan fingerprint density at radius 3 is 2.53 bits per heavy atom. The number of thioether (sulfide) groups is 1. The van der Waals surface area contributed by atoms with E-state index in [1.165, 1.54) is 11.8 Å². The Labute approximate surface area is 181 Å². The molecule has 0 aliphatic heterocycles. The second kappa shape index (κ2) is 9.77. The van der Waals surface area contributed by atoms with Gasteiger partial charge in [-0.15, -0.1) is 11.3 Å². The molecule has 2 aromatic heterocycles.